The third-order valence-corrected chi connectivity index (χ3v) is 3.35. The Morgan fingerprint density at radius 1 is 1.36 bits per heavy atom. The predicted octanol–water partition coefficient (Wildman–Crippen LogP) is 0.108. The SMILES string of the molecule is Cc1cc(-n2nnn(C)c2=O)c(OC2CCOC2=O)cc1F. The highest BCUT2D eigenvalue weighted by Crippen LogP contribution is 2.27. The summed E-state index contributed by atoms with van der Waals surface area (Å²) < 4.78 is 26.2. The van der Waals surface area contributed by atoms with Gasteiger partial charge >= 0.3 is 11.7 Å². The summed E-state index contributed by atoms with van der Waals surface area (Å²) >= 11 is 0. The van der Waals surface area contributed by atoms with Crippen molar-refractivity contribution >= 4 is 5.97 Å². The van der Waals surface area contributed by atoms with Gasteiger partial charge in [-0.05, 0) is 29.0 Å². The topological polar surface area (TPSA) is 88.2 Å². The molecule has 0 aliphatic carbocycles. The minimum Gasteiger partial charge on any atom is -0.476 e. The number of benzene rings is 1. The lowest BCUT2D eigenvalue weighted by molar-refractivity contribution is -0.143. The van der Waals surface area contributed by atoms with Gasteiger partial charge in [-0.2, -0.15) is 9.36 Å². The molecule has 1 saturated heterocycles. The average molecular weight is 308 g/mol. The summed E-state index contributed by atoms with van der Waals surface area (Å²) in [5.41, 5.74) is 0.0236. The van der Waals surface area contributed by atoms with Gasteiger partial charge in [0.25, 0.3) is 0 Å². The van der Waals surface area contributed by atoms with Crippen LogP contribution < -0.4 is 10.4 Å². The number of tetrazole rings is 1. The Morgan fingerprint density at radius 3 is 2.73 bits per heavy atom. The Balaban J connectivity index is 2.08. The van der Waals surface area contributed by atoms with Crippen molar-refractivity contribution in [1.82, 2.24) is 19.8 Å². The van der Waals surface area contributed by atoms with Crippen LogP contribution in [-0.2, 0) is 16.6 Å². The van der Waals surface area contributed by atoms with Gasteiger partial charge in [-0.25, -0.2) is 14.0 Å². The first kappa shape index (κ1) is 14.2. The Labute approximate surface area is 124 Å². The molecule has 116 valence electrons. The molecule has 8 nitrogen and oxygen atoms in total. The van der Waals surface area contributed by atoms with Gasteiger partial charge in [0, 0.05) is 19.5 Å². The summed E-state index contributed by atoms with van der Waals surface area (Å²) in [6.07, 6.45) is -0.461. The van der Waals surface area contributed by atoms with Gasteiger partial charge in [-0.1, -0.05) is 0 Å². The number of ether oxygens (including phenoxy) is 2. The third-order valence-electron chi connectivity index (χ3n) is 3.35. The molecular formula is C13H13FN4O4. The molecule has 0 spiro atoms. The second-order valence-electron chi connectivity index (χ2n) is 4.93. The third kappa shape index (κ3) is 2.34. The molecule has 2 heterocycles. The first-order valence-electron chi connectivity index (χ1n) is 6.60. The van der Waals surface area contributed by atoms with E-state index in [1.165, 1.54) is 13.1 Å². The maximum atomic E-state index is 13.8. The zero-order valence-corrected chi connectivity index (χ0v) is 11.9. The van der Waals surface area contributed by atoms with E-state index in [1.54, 1.807) is 6.92 Å². The second kappa shape index (κ2) is 5.24. The maximum absolute atomic E-state index is 13.8. The molecule has 1 aliphatic heterocycles. The molecule has 1 unspecified atom stereocenters. The molecular weight excluding hydrogens is 295 g/mol. The van der Waals surface area contributed by atoms with E-state index >= 15 is 0 Å². The number of cyclic esters (lactones) is 1. The number of carbonyl (C=O) groups excluding carboxylic acids is 1. The molecule has 3 rings (SSSR count). The molecule has 1 fully saturated rings. The van der Waals surface area contributed by atoms with Gasteiger partial charge in [0.05, 0.1) is 6.61 Å². The Hall–Kier alpha value is -2.71. The van der Waals surface area contributed by atoms with E-state index in [4.69, 9.17) is 9.47 Å². The van der Waals surface area contributed by atoms with Gasteiger partial charge < -0.3 is 9.47 Å². The summed E-state index contributed by atoms with van der Waals surface area (Å²) in [7, 11) is 1.44. The second-order valence-corrected chi connectivity index (χ2v) is 4.93. The minimum absolute atomic E-state index is 0.0366. The van der Waals surface area contributed by atoms with Gasteiger partial charge in [-0.3, -0.25) is 0 Å². The lowest BCUT2D eigenvalue weighted by Gasteiger charge is -2.14. The van der Waals surface area contributed by atoms with Crippen molar-refractivity contribution in [2.45, 2.75) is 19.4 Å². The normalized spacial score (nSPS) is 17.6. The molecule has 0 bridgehead atoms. The van der Waals surface area contributed by atoms with E-state index in [1.807, 2.05) is 0 Å². The Morgan fingerprint density at radius 2 is 2.14 bits per heavy atom. The predicted molar refractivity (Wildman–Crippen MR) is 71.3 cm³/mol. The molecule has 1 aromatic carbocycles. The van der Waals surface area contributed by atoms with Crippen LogP contribution in [-0.4, -0.2) is 38.5 Å². The highest BCUT2D eigenvalue weighted by Gasteiger charge is 2.30. The van der Waals surface area contributed by atoms with Crippen molar-refractivity contribution in [3.05, 3.63) is 34.0 Å². The van der Waals surface area contributed by atoms with Crippen LogP contribution >= 0.6 is 0 Å². The molecule has 1 atom stereocenters. The molecule has 1 aliphatic rings. The van der Waals surface area contributed by atoms with E-state index in [-0.39, 0.29) is 18.0 Å². The summed E-state index contributed by atoms with van der Waals surface area (Å²) in [6.45, 7) is 1.80. The van der Waals surface area contributed by atoms with Crippen molar-refractivity contribution < 1.29 is 18.7 Å². The minimum atomic E-state index is -0.826. The van der Waals surface area contributed by atoms with Crippen LogP contribution in [0.25, 0.3) is 5.69 Å². The monoisotopic (exact) mass is 308 g/mol. The quantitative estimate of drug-likeness (QED) is 0.748. The van der Waals surface area contributed by atoms with Gasteiger partial charge in [0.15, 0.2) is 6.10 Å². The zero-order chi connectivity index (χ0) is 15.9. The van der Waals surface area contributed by atoms with Crippen LogP contribution in [0.15, 0.2) is 16.9 Å². The molecule has 0 N–H and O–H groups in total. The smallest absolute Gasteiger partial charge is 0.368 e. The van der Waals surface area contributed by atoms with Crippen molar-refractivity contribution in [3.63, 3.8) is 0 Å². The molecule has 9 heteroatoms. The van der Waals surface area contributed by atoms with E-state index in [0.29, 0.717) is 12.0 Å². The average Bonchev–Trinajstić information content (AvgIpc) is 3.02. The number of aryl methyl sites for hydroxylation is 2. The summed E-state index contributed by atoms with van der Waals surface area (Å²) in [6, 6.07) is 2.54. The van der Waals surface area contributed by atoms with Crippen LogP contribution in [0.4, 0.5) is 4.39 Å². The number of halogens is 1. The van der Waals surface area contributed by atoms with Crippen LogP contribution in [0.3, 0.4) is 0 Å². The summed E-state index contributed by atoms with van der Waals surface area (Å²) in [5.74, 6) is -0.991. The van der Waals surface area contributed by atoms with E-state index in [0.717, 1.165) is 15.4 Å². The Kier molecular flexibility index (Phi) is 3.39. The van der Waals surface area contributed by atoms with Gasteiger partial charge in [0.2, 0.25) is 0 Å². The van der Waals surface area contributed by atoms with E-state index in [2.05, 4.69) is 10.4 Å². The number of aromatic nitrogens is 4. The molecule has 0 radical (unpaired) electrons. The highest BCUT2D eigenvalue weighted by molar-refractivity contribution is 5.77. The fourth-order valence-corrected chi connectivity index (χ4v) is 2.11. The Bertz CT molecular complexity index is 798. The largest absolute Gasteiger partial charge is 0.476 e. The van der Waals surface area contributed by atoms with Crippen molar-refractivity contribution in [1.29, 1.82) is 0 Å². The van der Waals surface area contributed by atoms with E-state index in [9.17, 15) is 14.0 Å². The van der Waals surface area contributed by atoms with E-state index < -0.39 is 23.6 Å². The summed E-state index contributed by atoms with van der Waals surface area (Å²) in [4.78, 5) is 23.5. The molecule has 0 saturated carbocycles. The molecule has 1 aromatic heterocycles. The van der Waals surface area contributed by atoms with Gasteiger partial charge in [-0.15, -0.1) is 0 Å². The first-order chi connectivity index (χ1) is 10.5. The molecule has 22 heavy (non-hydrogen) atoms. The standard InChI is InChI=1S/C13H13FN4O4/c1-7-5-9(18-13(20)17(2)15-16-18)11(6-8(7)14)22-10-3-4-21-12(10)19/h5-6,10H,3-4H2,1-2H3. The zero-order valence-electron chi connectivity index (χ0n) is 11.9. The number of hydrogen-bond acceptors (Lipinski definition) is 6. The maximum Gasteiger partial charge on any atom is 0.368 e. The number of esters is 1. The van der Waals surface area contributed by atoms with Crippen molar-refractivity contribution in [3.8, 4) is 11.4 Å². The molecule has 2 aromatic rings. The van der Waals surface area contributed by atoms with Crippen LogP contribution in [0.5, 0.6) is 5.75 Å². The number of rotatable bonds is 3. The number of hydrogen-bond donors (Lipinski definition) is 0. The first-order valence-corrected chi connectivity index (χ1v) is 6.60. The van der Waals surface area contributed by atoms with Crippen LogP contribution in [0, 0.1) is 12.7 Å². The number of nitrogens with zero attached hydrogens (tertiary/aromatic N) is 4. The lowest BCUT2D eigenvalue weighted by Crippen LogP contribution is -2.25. The lowest BCUT2D eigenvalue weighted by atomic mass is 10.2. The highest BCUT2D eigenvalue weighted by atomic mass is 19.1. The number of carbonyl (C=O) groups is 1. The summed E-state index contributed by atoms with van der Waals surface area (Å²) in [5, 5.41) is 7.32. The van der Waals surface area contributed by atoms with Gasteiger partial charge in [0.1, 0.15) is 17.3 Å². The van der Waals surface area contributed by atoms with Crippen LogP contribution in [0.2, 0.25) is 0 Å². The molecule has 0 amide bonds. The fraction of sp³-hybridized carbons (Fsp3) is 0.385. The fourth-order valence-electron chi connectivity index (χ4n) is 2.11. The van der Waals surface area contributed by atoms with Crippen molar-refractivity contribution in [2.75, 3.05) is 6.61 Å². The van der Waals surface area contributed by atoms with Crippen LogP contribution in [0.1, 0.15) is 12.0 Å². The van der Waals surface area contributed by atoms with Crippen molar-refractivity contribution in [2.24, 2.45) is 7.05 Å².